The number of nitrogens with one attached hydrogen (secondary N) is 1. The molecule has 0 aliphatic heterocycles. The molecule has 9 nitrogen and oxygen atoms in total. The Morgan fingerprint density at radius 2 is 1.77 bits per heavy atom. The number of likely N-dealkylation sites (N-methyl/N-ethyl adjacent to an activating group) is 1. The molecule has 0 atom stereocenters. The topological polar surface area (TPSA) is 114 Å². The smallest absolute Gasteiger partial charge is 0.330 e. The van der Waals surface area contributed by atoms with Crippen LogP contribution in [0.5, 0.6) is 0 Å². The molecule has 0 radical (unpaired) electrons. The van der Waals surface area contributed by atoms with Gasteiger partial charge < -0.3 is 20.3 Å². The highest BCUT2D eigenvalue weighted by molar-refractivity contribution is 5.97. The van der Waals surface area contributed by atoms with Gasteiger partial charge in [-0.2, -0.15) is 0 Å². The van der Waals surface area contributed by atoms with Gasteiger partial charge in [-0.25, -0.2) is 4.79 Å². The average Bonchev–Trinajstić information content (AvgIpc) is 2.84. The Balaban J connectivity index is 1.99. The molecule has 1 heterocycles. The standard InChI is InChI=1S/C26H33N5O4/c1-4-30(21-14-9-8-11-19(21)2)22(32)18-29(15-10-16-35-3)23-24(27)31(26(34)28-25(23)33)17-20-12-6-5-7-13-20/h5-9,11-14H,4,10,15-18,27H2,1-3H3,(H,28,33,34). The Labute approximate surface area is 204 Å². The van der Waals surface area contributed by atoms with Crippen LogP contribution in [0.3, 0.4) is 0 Å². The zero-order chi connectivity index (χ0) is 25.4. The molecule has 0 saturated carbocycles. The number of anilines is 3. The molecule has 0 bridgehead atoms. The lowest BCUT2D eigenvalue weighted by molar-refractivity contribution is -0.117. The summed E-state index contributed by atoms with van der Waals surface area (Å²) >= 11 is 0. The lowest BCUT2D eigenvalue weighted by Gasteiger charge is -2.29. The second-order valence-electron chi connectivity index (χ2n) is 8.26. The minimum Gasteiger partial charge on any atom is -0.385 e. The van der Waals surface area contributed by atoms with E-state index in [2.05, 4.69) is 4.98 Å². The van der Waals surface area contributed by atoms with Crippen molar-refractivity contribution >= 4 is 23.1 Å². The number of carbonyl (C=O) groups excluding carboxylic acids is 1. The van der Waals surface area contributed by atoms with E-state index in [0.717, 1.165) is 16.8 Å². The lowest BCUT2D eigenvalue weighted by Crippen LogP contribution is -2.45. The van der Waals surface area contributed by atoms with Crippen molar-refractivity contribution in [2.24, 2.45) is 0 Å². The number of carbonyl (C=O) groups is 1. The molecule has 0 spiro atoms. The number of aromatic amines is 1. The maximum Gasteiger partial charge on any atom is 0.330 e. The zero-order valence-electron chi connectivity index (χ0n) is 20.5. The quantitative estimate of drug-likeness (QED) is 0.408. The van der Waals surface area contributed by atoms with E-state index in [1.54, 1.807) is 16.9 Å². The first kappa shape index (κ1) is 25.8. The van der Waals surface area contributed by atoms with Gasteiger partial charge in [0.1, 0.15) is 11.5 Å². The van der Waals surface area contributed by atoms with Crippen molar-refractivity contribution in [2.45, 2.75) is 26.8 Å². The molecule has 2 aromatic carbocycles. The fraction of sp³-hybridized carbons (Fsp3) is 0.346. The Morgan fingerprint density at radius 3 is 2.43 bits per heavy atom. The molecular weight excluding hydrogens is 446 g/mol. The number of rotatable bonds is 11. The number of nitrogens with zero attached hydrogens (tertiary/aromatic N) is 3. The van der Waals surface area contributed by atoms with Gasteiger partial charge in [-0.05, 0) is 37.5 Å². The van der Waals surface area contributed by atoms with Crippen LogP contribution in [0.1, 0.15) is 24.5 Å². The number of hydrogen-bond donors (Lipinski definition) is 2. The first-order chi connectivity index (χ1) is 16.9. The summed E-state index contributed by atoms with van der Waals surface area (Å²) in [4.78, 5) is 44.7. The molecule has 3 aromatic rings. The van der Waals surface area contributed by atoms with E-state index < -0.39 is 11.2 Å². The van der Waals surface area contributed by atoms with Crippen LogP contribution in [0.2, 0.25) is 0 Å². The highest BCUT2D eigenvalue weighted by Gasteiger charge is 2.24. The third-order valence-electron chi connectivity index (χ3n) is 5.84. The van der Waals surface area contributed by atoms with Crippen LogP contribution in [-0.2, 0) is 16.1 Å². The Hall–Kier alpha value is -3.85. The van der Waals surface area contributed by atoms with Crippen molar-refractivity contribution in [1.29, 1.82) is 0 Å². The third kappa shape index (κ3) is 6.19. The number of benzene rings is 2. The van der Waals surface area contributed by atoms with Crippen molar-refractivity contribution in [3.63, 3.8) is 0 Å². The van der Waals surface area contributed by atoms with Gasteiger partial charge in [0.05, 0.1) is 13.1 Å². The summed E-state index contributed by atoms with van der Waals surface area (Å²) in [7, 11) is 1.59. The van der Waals surface area contributed by atoms with Crippen molar-refractivity contribution in [3.8, 4) is 0 Å². The Morgan fingerprint density at radius 1 is 1.09 bits per heavy atom. The summed E-state index contributed by atoms with van der Waals surface area (Å²) in [6.07, 6.45) is 0.566. The molecular formula is C26H33N5O4. The molecule has 0 aliphatic rings. The summed E-state index contributed by atoms with van der Waals surface area (Å²) < 4.78 is 6.49. The van der Waals surface area contributed by atoms with Crippen LogP contribution >= 0.6 is 0 Å². The van der Waals surface area contributed by atoms with Gasteiger partial charge in [0.2, 0.25) is 5.91 Å². The lowest BCUT2D eigenvalue weighted by atomic mass is 10.1. The molecule has 0 unspecified atom stereocenters. The summed E-state index contributed by atoms with van der Waals surface area (Å²) in [5, 5.41) is 0. The second kappa shape index (κ2) is 12.0. The minimum absolute atomic E-state index is 0.0201. The molecule has 1 aromatic heterocycles. The third-order valence-corrected chi connectivity index (χ3v) is 5.84. The van der Waals surface area contributed by atoms with E-state index >= 15 is 0 Å². The molecule has 0 fully saturated rings. The minimum atomic E-state index is -0.624. The number of nitrogen functional groups attached to an aromatic ring is 1. The van der Waals surface area contributed by atoms with E-state index in [-0.39, 0.29) is 30.5 Å². The van der Waals surface area contributed by atoms with Gasteiger partial charge in [0.25, 0.3) is 5.56 Å². The van der Waals surface area contributed by atoms with Gasteiger partial charge in [0.15, 0.2) is 0 Å². The molecule has 35 heavy (non-hydrogen) atoms. The molecule has 3 rings (SSSR count). The van der Waals surface area contributed by atoms with Gasteiger partial charge in [-0.3, -0.25) is 19.1 Å². The number of methoxy groups -OCH3 is 1. The number of hydrogen-bond acceptors (Lipinski definition) is 6. The number of aryl methyl sites for hydroxylation is 1. The second-order valence-corrected chi connectivity index (χ2v) is 8.26. The number of nitrogens with two attached hydrogens (primary N) is 1. The van der Waals surface area contributed by atoms with Crippen molar-refractivity contribution in [2.75, 3.05) is 48.9 Å². The van der Waals surface area contributed by atoms with Gasteiger partial charge in [-0.1, -0.05) is 48.5 Å². The summed E-state index contributed by atoms with van der Waals surface area (Å²) in [5.74, 6) is -0.161. The number of ether oxygens (including phenoxy) is 1. The van der Waals surface area contributed by atoms with E-state index in [4.69, 9.17) is 10.5 Å². The maximum atomic E-state index is 13.4. The molecule has 9 heteroatoms. The first-order valence-electron chi connectivity index (χ1n) is 11.6. The fourth-order valence-electron chi connectivity index (χ4n) is 4.07. The monoisotopic (exact) mass is 479 g/mol. The van der Waals surface area contributed by atoms with Gasteiger partial charge in [0, 0.05) is 32.5 Å². The zero-order valence-corrected chi connectivity index (χ0v) is 20.5. The van der Waals surface area contributed by atoms with Gasteiger partial charge in [-0.15, -0.1) is 0 Å². The first-order valence-corrected chi connectivity index (χ1v) is 11.6. The van der Waals surface area contributed by atoms with E-state index in [1.165, 1.54) is 4.57 Å². The van der Waals surface area contributed by atoms with Crippen LogP contribution in [0.15, 0.2) is 64.2 Å². The maximum absolute atomic E-state index is 13.4. The predicted molar refractivity (Wildman–Crippen MR) is 139 cm³/mol. The highest BCUT2D eigenvalue weighted by atomic mass is 16.5. The SMILES string of the molecule is CCN(C(=O)CN(CCCOC)c1c(N)n(Cc2ccccc2)c(=O)[nH]c1=O)c1ccccc1C. The summed E-state index contributed by atoms with van der Waals surface area (Å²) in [6, 6.07) is 17.0. The summed E-state index contributed by atoms with van der Waals surface area (Å²) in [6.45, 7) is 5.23. The highest BCUT2D eigenvalue weighted by Crippen LogP contribution is 2.22. The largest absolute Gasteiger partial charge is 0.385 e. The number of amides is 1. The predicted octanol–water partition coefficient (Wildman–Crippen LogP) is 2.37. The average molecular weight is 480 g/mol. The molecule has 1 amide bonds. The molecule has 0 saturated heterocycles. The Bertz CT molecular complexity index is 1250. The number of aromatic nitrogens is 2. The summed E-state index contributed by atoms with van der Waals surface area (Å²) in [5.41, 5.74) is 7.93. The van der Waals surface area contributed by atoms with Crippen molar-refractivity contribution in [3.05, 3.63) is 86.6 Å². The van der Waals surface area contributed by atoms with Crippen LogP contribution in [0, 0.1) is 6.92 Å². The van der Waals surface area contributed by atoms with Gasteiger partial charge >= 0.3 is 5.69 Å². The van der Waals surface area contributed by atoms with Crippen molar-refractivity contribution in [1.82, 2.24) is 9.55 Å². The fourth-order valence-corrected chi connectivity index (χ4v) is 4.07. The van der Waals surface area contributed by atoms with E-state index in [9.17, 15) is 14.4 Å². The molecule has 186 valence electrons. The van der Waals surface area contributed by atoms with Crippen molar-refractivity contribution < 1.29 is 9.53 Å². The molecule has 3 N–H and O–H groups in total. The van der Waals surface area contributed by atoms with E-state index in [1.807, 2.05) is 68.4 Å². The molecule has 0 aliphatic carbocycles. The van der Waals surface area contributed by atoms with Crippen LogP contribution in [0.4, 0.5) is 17.2 Å². The normalized spacial score (nSPS) is 10.8. The number of para-hydroxylation sites is 1. The van der Waals surface area contributed by atoms with Crippen LogP contribution < -0.4 is 26.8 Å². The number of H-pyrrole nitrogens is 1. The Kier molecular flexibility index (Phi) is 8.86. The van der Waals surface area contributed by atoms with Crippen LogP contribution in [-0.4, -0.2) is 48.8 Å². The van der Waals surface area contributed by atoms with Crippen LogP contribution in [0.25, 0.3) is 0 Å². The van der Waals surface area contributed by atoms with E-state index in [0.29, 0.717) is 26.1 Å².